The van der Waals surface area contributed by atoms with Crippen molar-refractivity contribution >= 4 is 22.2 Å². The monoisotopic (exact) mass is 240 g/mol. The molecule has 1 unspecified atom stereocenters. The van der Waals surface area contributed by atoms with Gasteiger partial charge in [-0.05, 0) is 30.5 Å². The first-order valence-electron chi connectivity index (χ1n) is 4.28. The number of benzene rings is 1. The number of carbonyl (C=O) groups is 1. The van der Waals surface area contributed by atoms with Gasteiger partial charge in [0.25, 0.3) is 0 Å². The molecule has 0 aliphatic rings. The van der Waals surface area contributed by atoms with Gasteiger partial charge in [-0.25, -0.2) is 0 Å². The van der Waals surface area contributed by atoms with Gasteiger partial charge in [0, 0.05) is 10.4 Å². The summed E-state index contributed by atoms with van der Waals surface area (Å²) in [6.45, 7) is 6.00. The summed E-state index contributed by atoms with van der Waals surface area (Å²) in [6.07, 6.45) is 0.976. The number of halogens is 1. The summed E-state index contributed by atoms with van der Waals surface area (Å²) in [5.74, 6) is -0.0168. The van der Waals surface area contributed by atoms with Crippen molar-refractivity contribution in [1.82, 2.24) is 0 Å². The largest absolute Gasteiger partial charge is 0.303 e. The van der Waals surface area contributed by atoms with Crippen molar-refractivity contribution in [2.45, 2.75) is 26.7 Å². The van der Waals surface area contributed by atoms with Gasteiger partial charge in [0.15, 0.2) is 0 Å². The zero-order valence-corrected chi connectivity index (χ0v) is 9.68. The molecule has 1 rings (SSSR count). The molecule has 1 aromatic carbocycles. The number of carbonyl (C=O) groups excluding carboxylic acids is 1. The van der Waals surface area contributed by atoms with Crippen LogP contribution in [0.5, 0.6) is 0 Å². The Labute approximate surface area is 87.3 Å². The maximum absolute atomic E-state index is 10.6. The van der Waals surface area contributed by atoms with E-state index in [1.165, 1.54) is 11.1 Å². The van der Waals surface area contributed by atoms with E-state index < -0.39 is 0 Å². The average Bonchev–Trinajstić information content (AvgIpc) is 2.13. The Bertz CT molecular complexity index is 331. The van der Waals surface area contributed by atoms with Gasteiger partial charge < -0.3 is 4.79 Å². The van der Waals surface area contributed by atoms with E-state index in [9.17, 15) is 4.79 Å². The van der Waals surface area contributed by atoms with E-state index in [0.717, 1.165) is 16.3 Å². The van der Waals surface area contributed by atoms with Crippen molar-refractivity contribution in [2.24, 2.45) is 0 Å². The molecule has 13 heavy (non-hydrogen) atoms. The standard InChI is InChI=1S/C11H13BrO/c1-7-4-5-10(8(2)6-13)9(3)11(7)12/h4-6,8H,1-3H3. The fourth-order valence-electron chi connectivity index (χ4n) is 1.40. The Morgan fingerprint density at radius 1 is 1.38 bits per heavy atom. The Morgan fingerprint density at radius 2 is 2.00 bits per heavy atom. The van der Waals surface area contributed by atoms with Crippen molar-refractivity contribution in [2.75, 3.05) is 0 Å². The first-order valence-corrected chi connectivity index (χ1v) is 5.08. The van der Waals surface area contributed by atoms with Crippen LogP contribution < -0.4 is 0 Å². The van der Waals surface area contributed by atoms with Crippen LogP contribution in [-0.4, -0.2) is 6.29 Å². The summed E-state index contributed by atoms with van der Waals surface area (Å²) in [6, 6.07) is 4.06. The Kier molecular flexibility index (Phi) is 3.26. The van der Waals surface area contributed by atoms with Crippen molar-refractivity contribution < 1.29 is 4.79 Å². The molecule has 1 aromatic rings. The second kappa shape index (κ2) is 4.05. The summed E-state index contributed by atoms with van der Waals surface area (Å²) in [5.41, 5.74) is 3.48. The van der Waals surface area contributed by atoms with Gasteiger partial charge in [-0.2, -0.15) is 0 Å². The molecule has 0 aliphatic carbocycles. The molecule has 1 nitrogen and oxygen atoms in total. The molecule has 0 heterocycles. The van der Waals surface area contributed by atoms with Crippen molar-refractivity contribution in [1.29, 1.82) is 0 Å². The highest BCUT2D eigenvalue weighted by Crippen LogP contribution is 2.27. The highest BCUT2D eigenvalue weighted by Gasteiger charge is 2.10. The van der Waals surface area contributed by atoms with Gasteiger partial charge in [-0.15, -0.1) is 0 Å². The summed E-state index contributed by atoms with van der Waals surface area (Å²) in [5, 5.41) is 0. The van der Waals surface area contributed by atoms with E-state index in [2.05, 4.69) is 15.9 Å². The molecule has 2 heteroatoms. The van der Waals surface area contributed by atoms with E-state index in [1.807, 2.05) is 32.9 Å². The highest BCUT2D eigenvalue weighted by atomic mass is 79.9. The molecule has 0 spiro atoms. The van der Waals surface area contributed by atoms with Gasteiger partial charge in [0.1, 0.15) is 6.29 Å². The summed E-state index contributed by atoms with van der Waals surface area (Å²) < 4.78 is 1.11. The van der Waals surface area contributed by atoms with Gasteiger partial charge >= 0.3 is 0 Å². The van der Waals surface area contributed by atoms with E-state index in [4.69, 9.17) is 0 Å². The lowest BCUT2D eigenvalue weighted by atomic mass is 9.96. The van der Waals surface area contributed by atoms with Crippen LogP contribution in [-0.2, 0) is 4.79 Å². The fourth-order valence-corrected chi connectivity index (χ4v) is 1.76. The molecule has 70 valence electrons. The second-order valence-corrected chi connectivity index (χ2v) is 4.13. The average molecular weight is 241 g/mol. The maximum Gasteiger partial charge on any atom is 0.127 e. The normalized spacial score (nSPS) is 12.6. The van der Waals surface area contributed by atoms with Crippen LogP contribution >= 0.6 is 15.9 Å². The molecule has 1 atom stereocenters. The van der Waals surface area contributed by atoms with Crippen LogP contribution in [0.15, 0.2) is 16.6 Å². The minimum atomic E-state index is -0.0168. The van der Waals surface area contributed by atoms with Crippen LogP contribution in [0.25, 0.3) is 0 Å². The lowest BCUT2D eigenvalue weighted by Gasteiger charge is -2.11. The molecule has 0 amide bonds. The number of aryl methyl sites for hydroxylation is 1. The van der Waals surface area contributed by atoms with Gasteiger partial charge in [0.05, 0.1) is 0 Å². The Balaban J connectivity index is 3.25. The number of hydrogen-bond donors (Lipinski definition) is 0. The predicted molar refractivity (Wildman–Crippen MR) is 58.1 cm³/mol. The Morgan fingerprint density at radius 3 is 2.54 bits per heavy atom. The van der Waals surface area contributed by atoms with E-state index in [0.29, 0.717) is 0 Å². The molecule has 0 saturated heterocycles. The number of hydrogen-bond acceptors (Lipinski definition) is 1. The highest BCUT2D eigenvalue weighted by molar-refractivity contribution is 9.10. The summed E-state index contributed by atoms with van der Waals surface area (Å²) >= 11 is 3.51. The maximum atomic E-state index is 10.6. The van der Waals surface area contributed by atoms with Crippen LogP contribution in [0.1, 0.15) is 29.5 Å². The van der Waals surface area contributed by atoms with Gasteiger partial charge in [-0.1, -0.05) is 35.0 Å². The van der Waals surface area contributed by atoms with Crippen LogP contribution in [0, 0.1) is 13.8 Å². The zero-order valence-electron chi connectivity index (χ0n) is 8.10. The lowest BCUT2D eigenvalue weighted by molar-refractivity contribution is -0.108. The number of rotatable bonds is 2. The first-order chi connectivity index (χ1) is 6.07. The summed E-state index contributed by atoms with van der Waals surface area (Å²) in [7, 11) is 0. The van der Waals surface area contributed by atoms with Gasteiger partial charge in [0.2, 0.25) is 0 Å². The topological polar surface area (TPSA) is 17.1 Å². The minimum Gasteiger partial charge on any atom is -0.303 e. The molecule has 0 fully saturated rings. The quantitative estimate of drug-likeness (QED) is 0.725. The molecule has 0 aliphatic heterocycles. The van der Waals surface area contributed by atoms with Crippen LogP contribution in [0.3, 0.4) is 0 Å². The predicted octanol–water partition coefficient (Wildman–Crippen LogP) is 3.37. The molecule has 0 bridgehead atoms. The van der Waals surface area contributed by atoms with E-state index >= 15 is 0 Å². The second-order valence-electron chi connectivity index (χ2n) is 3.34. The van der Waals surface area contributed by atoms with Crippen molar-refractivity contribution in [3.8, 4) is 0 Å². The van der Waals surface area contributed by atoms with Gasteiger partial charge in [-0.3, -0.25) is 0 Å². The molecule has 0 N–H and O–H groups in total. The smallest absolute Gasteiger partial charge is 0.127 e. The Hall–Kier alpha value is -0.630. The molecule has 0 saturated carbocycles. The minimum absolute atomic E-state index is 0.0168. The van der Waals surface area contributed by atoms with Crippen molar-refractivity contribution in [3.63, 3.8) is 0 Å². The zero-order chi connectivity index (χ0) is 10.0. The van der Waals surface area contributed by atoms with Crippen molar-refractivity contribution in [3.05, 3.63) is 33.3 Å². The van der Waals surface area contributed by atoms with Crippen LogP contribution in [0.2, 0.25) is 0 Å². The molecular weight excluding hydrogens is 228 g/mol. The molecular formula is C11H13BrO. The lowest BCUT2D eigenvalue weighted by Crippen LogP contribution is -1.98. The third-order valence-corrected chi connectivity index (χ3v) is 3.54. The van der Waals surface area contributed by atoms with Crippen LogP contribution in [0.4, 0.5) is 0 Å². The molecule has 0 radical (unpaired) electrons. The summed E-state index contributed by atoms with van der Waals surface area (Å²) in [4.78, 5) is 10.6. The SMILES string of the molecule is Cc1ccc(C(C)C=O)c(C)c1Br. The number of aldehydes is 1. The fraction of sp³-hybridized carbons (Fsp3) is 0.364. The third kappa shape index (κ3) is 1.99. The molecule has 0 aromatic heterocycles. The first kappa shape index (κ1) is 10.5. The third-order valence-electron chi connectivity index (χ3n) is 2.32. The van der Waals surface area contributed by atoms with E-state index in [1.54, 1.807) is 0 Å². The van der Waals surface area contributed by atoms with E-state index in [-0.39, 0.29) is 5.92 Å².